The van der Waals surface area contributed by atoms with E-state index < -0.39 is 5.60 Å². The summed E-state index contributed by atoms with van der Waals surface area (Å²) in [4.78, 5) is 22.0. The number of aliphatic hydroxyl groups is 1. The number of nitrogens with zero attached hydrogens (tertiary/aromatic N) is 2. The molecule has 2 heterocycles. The van der Waals surface area contributed by atoms with Gasteiger partial charge in [0, 0.05) is 6.20 Å². The summed E-state index contributed by atoms with van der Waals surface area (Å²) < 4.78 is 5.72. The van der Waals surface area contributed by atoms with E-state index in [1.807, 2.05) is 32.9 Å². The zero-order valence-electron chi connectivity index (χ0n) is 15.4. The molecule has 0 aliphatic heterocycles. The summed E-state index contributed by atoms with van der Waals surface area (Å²) in [7, 11) is 1.42. The van der Waals surface area contributed by atoms with E-state index in [0.717, 1.165) is 20.7 Å². The maximum Gasteiger partial charge on any atom is 0.309 e. The number of carbonyl (C=O) groups excluding carboxylic acids is 1. The Morgan fingerprint density at radius 2 is 2.15 bits per heavy atom. The minimum atomic E-state index is -1.03. The van der Waals surface area contributed by atoms with Crippen molar-refractivity contribution in [2.24, 2.45) is 11.3 Å². The summed E-state index contributed by atoms with van der Waals surface area (Å²) in [6, 6.07) is 3.96. The van der Waals surface area contributed by atoms with Gasteiger partial charge in [0.25, 0.3) is 0 Å². The van der Waals surface area contributed by atoms with Gasteiger partial charge in [-0.15, -0.1) is 11.3 Å². The molecule has 0 spiro atoms. The highest BCUT2D eigenvalue weighted by Crippen LogP contribution is 2.51. The van der Waals surface area contributed by atoms with Crippen molar-refractivity contribution in [2.75, 3.05) is 7.11 Å². The highest BCUT2D eigenvalue weighted by molar-refractivity contribution is 9.10. The molecule has 2 unspecified atom stereocenters. The van der Waals surface area contributed by atoms with Crippen molar-refractivity contribution in [3.8, 4) is 10.6 Å². The van der Waals surface area contributed by atoms with Gasteiger partial charge >= 0.3 is 5.97 Å². The van der Waals surface area contributed by atoms with E-state index in [9.17, 15) is 9.90 Å². The van der Waals surface area contributed by atoms with Crippen LogP contribution < -0.4 is 0 Å². The van der Waals surface area contributed by atoms with Gasteiger partial charge < -0.3 is 9.84 Å². The van der Waals surface area contributed by atoms with Crippen molar-refractivity contribution in [1.82, 2.24) is 9.97 Å². The van der Waals surface area contributed by atoms with Crippen LogP contribution in [0.5, 0.6) is 0 Å². The van der Waals surface area contributed by atoms with E-state index in [1.54, 1.807) is 6.20 Å². The molecule has 3 rings (SSSR count). The molecule has 0 saturated heterocycles. The van der Waals surface area contributed by atoms with Crippen LogP contribution >= 0.6 is 27.3 Å². The number of hydrogen-bond donors (Lipinski definition) is 1. The molecule has 7 heteroatoms. The Hall–Kier alpha value is -1.31. The smallest absolute Gasteiger partial charge is 0.309 e. The minimum absolute atomic E-state index is 0.203. The number of aromatic nitrogens is 2. The molecule has 1 aliphatic rings. The Balaban J connectivity index is 1.88. The fourth-order valence-electron chi connectivity index (χ4n) is 3.86. The second-order valence-corrected chi connectivity index (χ2v) is 9.54. The lowest BCUT2D eigenvalue weighted by molar-refractivity contribution is -0.157. The van der Waals surface area contributed by atoms with Crippen molar-refractivity contribution >= 4 is 33.2 Å². The van der Waals surface area contributed by atoms with Gasteiger partial charge in [-0.3, -0.25) is 4.79 Å². The highest BCUT2D eigenvalue weighted by Gasteiger charge is 2.49. The van der Waals surface area contributed by atoms with Gasteiger partial charge in [0.15, 0.2) is 0 Å². The van der Waals surface area contributed by atoms with E-state index in [-0.39, 0.29) is 17.3 Å². The molecular formula is C19H23BrN2O3S. The first-order valence-electron chi connectivity index (χ1n) is 8.56. The first-order valence-corrected chi connectivity index (χ1v) is 10.2. The van der Waals surface area contributed by atoms with E-state index in [1.165, 1.54) is 18.4 Å². The van der Waals surface area contributed by atoms with Gasteiger partial charge in [0.2, 0.25) is 0 Å². The number of methoxy groups -OCH3 is 1. The predicted octanol–water partition coefficient (Wildman–Crippen LogP) is 4.46. The van der Waals surface area contributed by atoms with Crippen LogP contribution in [0.4, 0.5) is 0 Å². The number of rotatable bonds is 3. The molecular weight excluding hydrogens is 416 g/mol. The lowest BCUT2D eigenvalue weighted by atomic mass is 9.63. The number of hydrogen-bond acceptors (Lipinski definition) is 6. The molecule has 140 valence electrons. The van der Waals surface area contributed by atoms with Gasteiger partial charge in [-0.2, -0.15) is 0 Å². The van der Waals surface area contributed by atoms with E-state index in [4.69, 9.17) is 4.74 Å². The molecule has 0 amide bonds. The number of halogens is 1. The number of ether oxygens (including phenoxy) is 1. The molecule has 1 fully saturated rings. The first-order chi connectivity index (χ1) is 12.1. The molecule has 1 saturated carbocycles. The van der Waals surface area contributed by atoms with Crippen LogP contribution in [0.25, 0.3) is 10.6 Å². The SMILES string of the molecule is COC(=O)C1CCC(O)(c2ncc(-c3cc(C)cc(Br)n3)s2)CC1(C)C. The maximum atomic E-state index is 12.1. The predicted molar refractivity (Wildman–Crippen MR) is 105 cm³/mol. The van der Waals surface area contributed by atoms with Crippen LogP contribution in [-0.2, 0) is 15.1 Å². The molecule has 1 N–H and O–H groups in total. The normalized spacial score (nSPS) is 25.1. The fraction of sp³-hybridized carbons (Fsp3) is 0.526. The molecule has 2 aromatic heterocycles. The third kappa shape index (κ3) is 3.70. The van der Waals surface area contributed by atoms with E-state index in [0.29, 0.717) is 24.3 Å². The Bertz CT molecular complexity index is 816. The van der Waals surface area contributed by atoms with Crippen LogP contribution in [0.2, 0.25) is 0 Å². The molecule has 2 aromatic rings. The van der Waals surface area contributed by atoms with Crippen molar-refractivity contribution in [3.63, 3.8) is 0 Å². The number of esters is 1. The maximum absolute atomic E-state index is 12.1. The zero-order chi connectivity index (χ0) is 19.1. The number of carbonyl (C=O) groups is 1. The lowest BCUT2D eigenvalue weighted by Crippen LogP contribution is -2.45. The number of aryl methyl sites for hydroxylation is 1. The van der Waals surface area contributed by atoms with Crippen molar-refractivity contribution < 1.29 is 14.6 Å². The zero-order valence-corrected chi connectivity index (χ0v) is 17.8. The Labute approximate surface area is 166 Å². The first kappa shape index (κ1) is 19.5. The summed E-state index contributed by atoms with van der Waals surface area (Å²) in [5, 5.41) is 12.0. The molecule has 26 heavy (non-hydrogen) atoms. The van der Waals surface area contributed by atoms with Gasteiger partial charge in [0.05, 0.1) is 23.6 Å². The summed E-state index contributed by atoms with van der Waals surface area (Å²) in [5.74, 6) is -0.410. The quantitative estimate of drug-likeness (QED) is 0.565. The Kier molecular flexibility index (Phi) is 5.25. The molecule has 1 aliphatic carbocycles. The van der Waals surface area contributed by atoms with Gasteiger partial charge in [-0.05, 0) is 65.2 Å². The summed E-state index contributed by atoms with van der Waals surface area (Å²) in [6.07, 6.45) is 3.32. The summed E-state index contributed by atoms with van der Waals surface area (Å²) in [6.45, 7) is 6.03. The standard InChI is InChI=1S/C19H23BrN2O3S/c1-11-7-13(22-15(20)8-11)14-9-21-17(26-14)19(24)6-5-12(16(23)25-4)18(2,3)10-19/h7-9,12,24H,5-6,10H2,1-4H3. The average molecular weight is 439 g/mol. The molecule has 0 radical (unpaired) electrons. The van der Waals surface area contributed by atoms with Crippen molar-refractivity contribution in [2.45, 2.75) is 45.6 Å². The van der Waals surface area contributed by atoms with Crippen LogP contribution in [0.1, 0.15) is 43.7 Å². The number of pyridine rings is 1. The molecule has 5 nitrogen and oxygen atoms in total. The van der Waals surface area contributed by atoms with Gasteiger partial charge in [0.1, 0.15) is 15.2 Å². The second-order valence-electron chi connectivity index (χ2n) is 7.69. The van der Waals surface area contributed by atoms with Crippen LogP contribution in [-0.4, -0.2) is 28.2 Å². The monoisotopic (exact) mass is 438 g/mol. The molecule has 0 bridgehead atoms. The highest BCUT2D eigenvalue weighted by atomic mass is 79.9. The van der Waals surface area contributed by atoms with Crippen LogP contribution in [0.3, 0.4) is 0 Å². The van der Waals surface area contributed by atoms with Gasteiger partial charge in [-0.1, -0.05) is 13.8 Å². The lowest BCUT2D eigenvalue weighted by Gasteiger charge is -2.44. The van der Waals surface area contributed by atoms with Crippen molar-refractivity contribution in [3.05, 3.63) is 33.5 Å². The largest absolute Gasteiger partial charge is 0.469 e. The topological polar surface area (TPSA) is 72.3 Å². The average Bonchev–Trinajstić information content (AvgIpc) is 3.03. The summed E-state index contributed by atoms with van der Waals surface area (Å²) >= 11 is 4.89. The van der Waals surface area contributed by atoms with Crippen molar-refractivity contribution in [1.29, 1.82) is 0 Å². The third-order valence-corrected chi connectivity index (χ3v) is 6.74. The molecule has 0 aromatic carbocycles. The van der Waals surface area contributed by atoms with Crippen LogP contribution in [0.15, 0.2) is 22.9 Å². The number of thiazole rings is 1. The Morgan fingerprint density at radius 1 is 1.42 bits per heavy atom. The third-order valence-electron chi connectivity index (χ3n) is 5.12. The minimum Gasteiger partial charge on any atom is -0.469 e. The second kappa shape index (κ2) is 7.02. The van der Waals surface area contributed by atoms with E-state index in [2.05, 4.69) is 25.9 Å². The van der Waals surface area contributed by atoms with E-state index >= 15 is 0 Å². The fourth-order valence-corrected chi connectivity index (χ4v) is 5.40. The van der Waals surface area contributed by atoms with Crippen LogP contribution in [0, 0.1) is 18.3 Å². The molecule has 2 atom stereocenters. The Morgan fingerprint density at radius 3 is 2.77 bits per heavy atom. The summed E-state index contributed by atoms with van der Waals surface area (Å²) in [5.41, 5.74) is 0.552. The van der Waals surface area contributed by atoms with Gasteiger partial charge in [-0.25, -0.2) is 9.97 Å².